The Balaban J connectivity index is 1.47. The van der Waals surface area contributed by atoms with Crippen LogP contribution in [0.15, 0.2) is 48.7 Å². The maximum atomic E-state index is 13.0. The first-order chi connectivity index (χ1) is 14.3. The molecule has 154 valence electrons. The van der Waals surface area contributed by atoms with E-state index in [0.717, 1.165) is 39.1 Å². The molecule has 6 nitrogen and oxygen atoms in total. The third-order valence-electron chi connectivity index (χ3n) is 6.02. The van der Waals surface area contributed by atoms with Crippen molar-refractivity contribution in [3.8, 4) is 11.6 Å². The van der Waals surface area contributed by atoms with E-state index >= 15 is 0 Å². The standard InChI is InChI=1S/C23H29N3O3/c27-21(20-10-7-13-24-22(20)29-19-8-3-1-4-9-19)25-18-23(11-5-2-6-12-23)26-14-16-28-17-15-26/h1,3-4,7-10,13H,2,5-6,11-12,14-18H2,(H,25,27). The number of amides is 1. The van der Waals surface area contributed by atoms with E-state index in [1.807, 2.05) is 30.3 Å². The lowest BCUT2D eigenvalue weighted by Crippen LogP contribution is -2.59. The Morgan fingerprint density at radius 1 is 1.07 bits per heavy atom. The molecule has 6 heteroatoms. The molecule has 2 aliphatic rings. The molecule has 1 saturated carbocycles. The van der Waals surface area contributed by atoms with E-state index in [-0.39, 0.29) is 11.4 Å². The quantitative estimate of drug-likeness (QED) is 0.809. The average Bonchev–Trinajstić information content (AvgIpc) is 2.80. The number of hydrogen-bond acceptors (Lipinski definition) is 5. The Kier molecular flexibility index (Phi) is 6.42. The molecule has 0 radical (unpaired) electrons. The number of hydrogen-bond donors (Lipinski definition) is 1. The van der Waals surface area contributed by atoms with E-state index in [2.05, 4.69) is 15.2 Å². The normalized spacial score (nSPS) is 19.4. The summed E-state index contributed by atoms with van der Waals surface area (Å²) in [5.41, 5.74) is 0.490. The van der Waals surface area contributed by atoms with Gasteiger partial charge in [0.05, 0.1) is 13.2 Å². The first kappa shape index (κ1) is 19.9. The van der Waals surface area contributed by atoms with Crippen LogP contribution in [-0.2, 0) is 4.74 Å². The predicted octanol–water partition coefficient (Wildman–Crippen LogP) is 3.64. The number of carbonyl (C=O) groups is 1. The van der Waals surface area contributed by atoms with Gasteiger partial charge in [-0.05, 0) is 37.1 Å². The highest BCUT2D eigenvalue weighted by molar-refractivity contribution is 5.96. The Labute approximate surface area is 172 Å². The minimum absolute atomic E-state index is 0.0281. The number of rotatable bonds is 6. The van der Waals surface area contributed by atoms with Crippen LogP contribution in [0.2, 0.25) is 0 Å². The Morgan fingerprint density at radius 2 is 1.83 bits per heavy atom. The molecule has 1 aromatic carbocycles. The number of pyridine rings is 1. The van der Waals surface area contributed by atoms with Crippen LogP contribution in [0.25, 0.3) is 0 Å². The van der Waals surface area contributed by atoms with Crippen molar-refractivity contribution in [2.45, 2.75) is 37.6 Å². The van der Waals surface area contributed by atoms with Crippen LogP contribution in [-0.4, -0.2) is 54.2 Å². The highest BCUT2D eigenvalue weighted by Crippen LogP contribution is 2.34. The molecule has 29 heavy (non-hydrogen) atoms. The lowest BCUT2D eigenvalue weighted by Gasteiger charge is -2.48. The smallest absolute Gasteiger partial charge is 0.256 e. The van der Waals surface area contributed by atoms with E-state index in [4.69, 9.17) is 9.47 Å². The van der Waals surface area contributed by atoms with Crippen LogP contribution < -0.4 is 10.1 Å². The van der Waals surface area contributed by atoms with Gasteiger partial charge in [0.1, 0.15) is 11.3 Å². The van der Waals surface area contributed by atoms with Gasteiger partial charge < -0.3 is 14.8 Å². The number of para-hydroxylation sites is 1. The van der Waals surface area contributed by atoms with Crippen molar-refractivity contribution in [1.82, 2.24) is 15.2 Å². The maximum absolute atomic E-state index is 13.0. The number of ether oxygens (including phenoxy) is 2. The summed E-state index contributed by atoms with van der Waals surface area (Å²) in [5.74, 6) is 0.861. The van der Waals surface area contributed by atoms with Gasteiger partial charge in [0, 0.05) is 31.4 Å². The summed E-state index contributed by atoms with van der Waals surface area (Å²) in [6.07, 6.45) is 7.58. The van der Waals surface area contributed by atoms with Crippen LogP contribution in [0, 0.1) is 0 Å². The lowest BCUT2D eigenvalue weighted by molar-refractivity contribution is -0.0361. The molecule has 1 aliphatic carbocycles. The first-order valence-corrected chi connectivity index (χ1v) is 10.6. The SMILES string of the molecule is O=C(NCC1(N2CCOCC2)CCCCC1)c1cccnc1Oc1ccccc1. The average molecular weight is 396 g/mol. The van der Waals surface area contributed by atoms with Crippen LogP contribution in [0.1, 0.15) is 42.5 Å². The van der Waals surface area contributed by atoms with Gasteiger partial charge in [-0.15, -0.1) is 0 Å². The van der Waals surface area contributed by atoms with Crippen molar-refractivity contribution in [3.63, 3.8) is 0 Å². The second-order valence-electron chi connectivity index (χ2n) is 7.84. The molecule has 1 aromatic heterocycles. The molecule has 0 unspecified atom stereocenters. The van der Waals surface area contributed by atoms with Crippen LogP contribution in [0.3, 0.4) is 0 Å². The molecule has 1 N–H and O–H groups in total. The highest BCUT2D eigenvalue weighted by Gasteiger charge is 2.39. The molecule has 1 saturated heterocycles. The first-order valence-electron chi connectivity index (χ1n) is 10.6. The monoisotopic (exact) mass is 395 g/mol. The molecule has 1 aliphatic heterocycles. The van der Waals surface area contributed by atoms with Gasteiger partial charge >= 0.3 is 0 Å². The Morgan fingerprint density at radius 3 is 2.59 bits per heavy atom. The number of nitrogens with zero attached hydrogens (tertiary/aromatic N) is 2. The van der Waals surface area contributed by atoms with Crippen LogP contribution >= 0.6 is 0 Å². The van der Waals surface area contributed by atoms with E-state index < -0.39 is 0 Å². The Hall–Kier alpha value is -2.44. The lowest BCUT2D eigenvalue weighted by atomic mass is 9.79. The molecule has 2 heterocycles. The van der Waals surface area contributed by atoms with Gasteiger partial charge in [-0.25, -0.2) is 4.98 Å². The van der Waals surface area contributed by atoms with Crippen molar-refractivity contribution in [2.24, 2.45) is 0 Å². The number of carbonyl (C=O) groups excluding carboxylic acids is 1. The summed E-state index contributed by atoms with van der Waals surface area (Å²) in [6, 6.07) is 13.0. The zero-order chi connectivity index (χ0) is 19.9. The fourth-order valence-electron chi connectivity index (χ4n) is 4.44. The van der Waals surface area contributed by atoms with Gasteiger partial charge in [0.25, 0.3) is 5.91 Å². The van der Waals surface area contributed by atoms with Gasteiger partial charge in [-0.1, -0.05) is 37.5 Å². The number of nitrogens with one attached hydrogen (secondary N) is 1. The van der Waals surface area contributed by atoms with Crippen molar-refractivity contribution >= 4 is 5.91 Å². The van der Waals surface area contributed by atoms with E-state index in [9.17, 15) is 4.79 Å². The van der Waals surface area contributed by atoms with E-state index in [1.165, 1.54) is 19.3 Å². The van der Waals surface area contributed by atoms with Crippen molar-refractivity contribution < 1.29 is 14.3 Å². The summed E-state index contributed by atoms with van der Waals surface area (Å²) in [4.78, 5) is 19.9. The summed E-state index contributed by atoms with van der Waals surface area (Å²) in [6.45, 7) is 4.06. The minimum Gasteiger partial charge on any atom is -0.438 e. The van der Waals surface area contributed by atoms with Gasteiger partial charge in [-0.2, -0.15) is 0 Å². The molecule has 4 rings (SSSR count). The maximum Gasteiger partial charge on any atom is 0.256 e. The third-order valence-corrected chi connectivity index (χ3v) is 6.02. The molecular formula is C23H29N3O3. The second-order valence-corrected chi connectivity index (χ2v) is 7.84. The summed E-state index contributed by atoms with van der Waals surface area (Å²) in [7, 11) is 0. The largest absolute Gasteiger partial charge is 0.438 e. The third kappa shape index (κ3) is 4.77. The molecule has 0 spiro atoms. The van der Waals surface area contributed by atoms with Crippen LogP contribution in [0.4, 0.5) is 0 Å². The van der Waals surface area contributed by atoms with Crippen molar-refractivity contribution in [1.29, 1.82) is 0 Å². The van der Waals surface area contributed by atoms with E-state index in [0.29, 0.717) is 23.7 Å². The molecule has 0 bridgehead atoms. The fourth-order valence-corrected chi connectivity index (χ4v) is 4.44. The topological polar surface area (TPSA) is 63.7 Å². The van der Waals surface area contributed by atoms with Crippen molar-refractivity contribution in [2.75, 3.05) is 32.8 Å². The number of benzene rings is 1. The summed E-state index contributed by atoms with van der Waals surface area (Å²) >= 11 is 0. The van der Waals surface area contributed by atoms with E-state index in [1.54, 1.807) is 18.3 Å². The summed E-state index contributed by atoms with van der Waals surface area (Å²) < 4.78 is 11.4. The Bertz CT molecular complexity index is 800. The molecule has 0 atom stereocenters. The second kappa shape index (κ2) is 9.37. The van der Waals surface area contributed by atoms with Gasteiger partial charge in [0.2, 0.25) is 5.88 Å². The van der Waals surface area contributed by atoms with Crippen LogP contribution in [0.5, 0.6) is 11.6 Å². The predicted molar refractivity (Wildman–Crippen MR) is 111 cm³/mol. The molecule has 2 fully saturated rings. The van der Waals surface area contributed by atoms with Crippen molar-refractivity contribution in [3.05, 3.63) is 54.2 Å². The molecule has 1 amide bonds. The highest BCUT2D eigenvalue weighted by atomic mass is 16.5. The van der Waals surface area contributed by atoms with Gasteiger partial charge in [0.15, 0.2) is 0 Å². The molecule has 2 aromatic rings. The number of morpholine rings is 1. The zero-order valence-electron chi connectivity index (χ0n) is 16.8. The molecular weight excluding hydrogens is 366 g/mol. The summed E-state index contributed by atoms with van der Waals surface area (Å²) in [5, 5.41) is 3.19. The number of aromatic nitrogens is 1. The zero-order valence-corrected chi connectivity index (χ0v) is 16.8. The minimum atomic E-state index is -0.137. The fraction of sp³-hybridized carbons (Fsp3) is 0.478. The van der Waals surface area contributed by atoms with Gasteiger partial charge in [-0.3, -0.25) is 9.69 Å².